The minimum atomic E-state index is -0.832. The molecule has 0 aliphatic heterocycles. The van der Waals surface area contributed by atoms with Crippen LogP contribution >= 0.6 is 0 Å². The summed E-state index contributed by atoms with van der Waals surface area (Å²) in [4.78, 5) is 7.69. The van der Waals surface area contributed by atoms with Gasteiger partial charge in [-0.15, -0.1) is 0 Å². The van der Waals surface area contributed by atoms with Gasteiger partial charge in [0.15, 0.2) is 11.6 Å². The van der Waals surface area contributed by atoms with Crippen LogP contribution in [0.2, 0.25) is 0 Å². The van der Waals surface area contributed by atoms with Crippen LogP contribution in [0.15, 0.2) is 36.8 Å². The van der Waals surface area contributed by atoms with Crippen LogP contribution in [0.1, 0.15) is 11.3 Å². The molecule has 0 bridgehead atoms. The zero-order valence-corrected chi connectivity index (χ0v) is 7.82. The van der Waals surface area contributed by atoms with E-state index >= 15 is 0 Å². The molecule has 0 fully saturated rings. The molecule has 0 amide bonds. The Bertz CT molecular complexity index is 457. The third-order valence-electron chi connectivity index (χ3n) is 2.05. The predicted octanol–water partition coefficient (Wildman–Crippen LogP) is 2.35. The smallest absolute Gasteiger partial charge is 0.162 e. The molecular weight excluding hydrogens is 198 g/mol. The number of aromatic nitrogens is 2. The maximum atomic E-state index is 13.3. The first-order valence-electron chi connectivity index (χ1n) is 4.45. The molecule has 4 heteroatoms. The summed E-state index contributed by atoms with van der Waals surface area (Å²) in [5.41, 5.74) is 0.961. The average Bonchev–Trinajstić information content (AvgIpc) is 2.26. The van der Waals surface area contributed by atoms with Crippen molar-refractivity contribution in [2.75, 3.05) is 0 Å². The van der Waals surface area contributed by atoms with E-state index in [1.165, 1.54) is 12.4 Å². The van der Waals surface area contributed by atoms with Gasteiger partial charge in [0.25, 0.3) is 0 Å². The molecule has 0 radical (unpaired) electrons. The number of nitrogens with zero attached hydrogens (tertiary/aromatic N) is 2. The minimum Gasteiger partial charge on any atom is -0.245 e. The van der Waals surface area contributed by atoms with Crippen LogP contribution in [-0.2, 0) is 6.42 Å². The molecule has 0 atom stereocenters. The summed E-state index contributed by atoms with van der Waals surface area (Å²) in [5, 5.41) is 0. The van der Waals surface area contributed by atoms with E-state index in [2.05, 4.69) is 9.97 Å². The topological polar surface area (TPSA) is 25.8 Å². The summed E-state index contributed by atoms with van der Waals surface area (Å²) >= 11 is 0. The largest absolute Gasteiger partial charge is 0.245 e. The molecule has 2 rings (SSSR count). The van der Waals surface area contributed by atoms with Crippen molar-refractivity contribution < 1.29 is 8.78 Å². The highest BCUT2D eigenvalue weighted by Crippen LogP contribution is 2.14. The lowest BCUT2D eigenvalue weighted by molar-refractivity contribution is 0.500. The van der Waals surface area contributed by atoms with Gasteiger partial charge < -0.3 is 0 Å². The number of hydrogen-bond acceptors (Lipinski definition) is 2. The Labute approximate surface area is 85.6 Å². The van der Waals surface area contributed by atoms with E-state index in [0.29, 0.717) is 11.3 Å². The zero-order valence-electron chi connectivity index (χ0n) is 7.82. The van der Waals surface area contributed by atoms with Gasteiger partial charge in [-0.05, 0) is 17.7 Å². The van der Waals surface area contributed by atoms with Crippen LogP contribution in [0.3, 0.4) is 0 Å². The van der Waals surface area contributed by atoms with E-state index in [1.807, 2.05) is 0 Å². The molecular formula is C11H8F2N2. The van der Waals surface area contributed by atoms with Crippen molar-refractivity contribution in [2.24, 2.45) is 0 Å². The molecule has 0 unspecified atom stereocenters. The molecule has 1 aromatic heterocycles. The maximum absolute atomic E-state index is 13.3. The van der Waals surface area contributed by atoms with Crippen LogP contribution in [0.5, 0.6) is 0 Å². The van der Waals surface area contributed by atoms with Crippen LogP contribution in [0, 0.1) is 11.6 Å². The van der Waals surface area contributed by atoms with E-state index < -0.39 is 11.6 Å². The molecule has 2 nitrogen and oxygen atoms in total. The Morgan fingerprint density at radius 3 is 2.73 bits per heavy atom. The second-order valence-corrected chi connectivity index (χ2v) is 3.09. The average molecular weight is 206 g/mol. The van der Waals surface area contributed by atoms with Gasteiger partial charge in [-0.3, -0.25) is 0 Å². The van der Waals surface area contributed by atoms with Gasteiger partial charge in [-0.25, -0.2) is 18.7 Å². The van der Waals surface area contributed by atoms with Crippen molar-refractivity contribution >= 4 is 0 Å². The van der Waals surface area contributed by atoms with E-state index in [4.69, 9.17) is 0 Å². The molecule has 0 saturated heterocycles. The molecule has 0 saturated carbocycles. The monoisotopic (exact) mass is 206 g/mol. The number of rotatable bonds is 2. The normalized spacial score (nSPS) is 10.3. The molecule has 0 N–H and O–H groups in total. The van der Waals surface area contributed by atoms with Gasteiger partial charge in [0, 0.05) is 18.3 Å². The Balaban J connectivity index is 2.29. The van der Waals surface area contributed by atoms with Gasteiger partial charge >= 0.3 is 0 Å². The summed E-state index contributed by atoms with van der Waals surface area (Å²) in [6.07, 6.45) is 3.22. The SMILES string of the molecule is Fc1cccc(Cc2ccncn2)c1F. The highest BCUT2D eigenvalue weighted by atomic mass is 19.2. The van der Waals surface area contributed by atoms with E-state index in [9.17, 15) is 8.78 Å². The Morgan fingerprint density at radius 2 is 2.00 bits per heavy atom. The van der Waals surface area contributed by atoms with Crippen LogP contribution in [-0.4, -0.2) is 9.97 Å². The lowest BCUT2D eigenvalue weighted by Crippen LogP contribution is -1.97. The molecule has 0 spiro atoms. The van der Waals surface area contributed by atoms with Gasteiger partial charge in [0.2, 0.25) is 0 Å². The van der Waals surface area contributed by atoms with Crippen LogP contribution in [0.4, 0.5) is 8.78 Å². The number of hydrogen-bond donors (Lipinski definition) is 0. The van der Waals surface area contributed by atoms with Crippen molar-refractivity contribution in [3.8, 4) is 0 Å². The summed E-state index contributed by atoms with van der Waals surface area (Å²) in [6, 6.07) is 5.79. The first-order valence-corrected chi connectivity index (χ1v) is 4.45. The summed E-state index contributed by atoms with van der Waals surface area (Å²) < 4.78 is 26.1. The first kappa shape index (κ1) is 9.71. The van der Waals surface area contributed by atoms with Gasteiger partial charge in [-0.2, -0.15) is 0 Å². The lowest BCUT2D eigenvalue weighted by Gasteiger charge is -2.02. The summed E-state index contributed by atoms with van der Waals surface area (Å²) in [6.45, 7) is 0. The highest BCUT2D eigenvalue weighted by Gasteiger charge is 2.08. The lowest BCUT2D eigenvalue weighted by atomic mass is 10.1. The summed E-state index contributed by atoms with van der Waals surface area (Å²) in [5.74, 6) is -1.64. The fourth-order valence-electron chi connectivity index (χ4n) is 1.30. The van der Waals surface area contributed by atoms with E-state index in [-0.39, 0.29) is 6.42 Å². The highest BCUT2D eigenvalue weighted by molar-refractivity contribution is 5.23. The van der Waals surface area contributed by atoms with Crippen molar-refractivity contribution in [3.63, 3.8) is 0 Å². The molecule has 1 aromatic carbocycles. The standard InChI is InChI=1S/C11H8F2N2/c12-10-3-1-2-8(11(10)13)6-9-4-5-14-7-15-9/h1-5,7H,6H2. The van der Waals surface area contributed by atoms with Gasteiger partial charge in [0.05, 0.1) is 0 Å². The molecule has 2 aromatic rings. The molecule has 76 valence electrons. The zero-order chi connectivity index (χ0) is 10.7. The third-order valence-corrected chi connectivity index (χ3v) is 2.05. The Kier molecular flexibility index (Phi) is 2.67. The Morgan fingerprint density at radius 1 is 1.13 bits per heavy atom. The molecule has 15 heavy (non-hydrogen) atoms. The molecule has 0 aliphatic rings. The maximum Gasteiger partial charge on any atom is 0.162 e. The quantitative estimate of drug-likeness (QED) is 0.753. The van der Waals surface area contributed by atoms with Gasteiger partial charge in [0.1, 0.15) is 6.33 Å². The van der Waals surface area contributed by atoms with Crippen molar-refractivity contribution in [2.45, 2.75) is 6.42 Å². The second-order valence-electron chi connectivity index (χ2n) is 3.09. The van der Waals surface area contributed by atoms with Crippen molar-refractivity contribution in [1.82, 2.24) is 9.97 Å². The van der Waals surface area contributed by atoms with Crippen molar-refractivity contribution in [1.29, 1.82) is 0 Å². The van der Waals surface area contributed by atoms with Crippen LogP contribution < -0.4 is 0 Å². The van der Waals surface area contributed by atoms with E-state index in [1.54, 1.807) is 18.3 Å². The fraction of sp³-hybridized carbons (Fsp3) is 0.0909. The number of halogens is 2. The third kappa shape index (κ3) is 2.15. The van der Waals surface area contributed by atoms with E-state index in [0.717, 1.165) is 6.07 Å². The van der Waals surface area contributed by atoms with Crippen molar-refractivity contribution in [3.05, 3.63) is 59.7 Å². The Hall–Kier alpha value is -1.84. The molecule has 1 heterocycles. The van der Waals surface area contributed by atoms with Gasteiger partial charge in [-0.1, -0.05) is 12.1 Å². The molecule has 0 aliphatic carbocycles. The second kappa shape index (κ2) is 4.13. The summed E-state index contributed by atoms with van der Waals surface area (Å²) in [7, 11) is 0. The fourth-order valence-corrected chi connectivity index (χ4v) is 1.30. The first-order chi connectivity index (χ1) is 7.27. The number of benzene rings is 1. The predicted molar refractivity (Wildman–Crippen MR) is 51.2 cm³/mol. The minimum absolute atomic E-state index is 0.270. The van der Waals surface area contributed by atoms with Crippen LogP contribution in [0.25, 0.3) is 0 Å².